The van der Waals surface area contributed by atoms with Crippen molar-refractivity contribution in [1.82, 2.24) is 14.4 Å². The van der Waals surface area contributed by atoms with Crippen LogP contribution >= 0.6 is 0 Å². The van der Waals surface area contributed by atoms with Crippen molar-refractivity contribution in [2.75, 3.05) is 6.61 Å². The van der Waals surface area contributed by atoms with Crippen LogP contribution in [0.5, 0.6) is 5.75 Å². The third-order valence-electron chi connectivity index (χ3n) is 5.76. The van der Waals surface area contributed by atoms with Crippen LogP contribution in [-0.4, -0.2) is 31.9 Å². The van der Waals surface area contributed by atoms with Crippen molar-refractivity contribution in [3.8, 4) is 5.75 Å². The maximum atomic E-state index is 14.0. The number of ether oxygens (including phenoxy) is 1. The van der Waals surface area contributed by atoms with Gasteiger partial charge in [-0.25, -0.2) is 13.8 Å². The molecule has 0 saturated heterocycles. The minimum atomic E-state index is -0.799. The van der Waals surface area contributed by atoms with Gasteiger partial charge in [-0.2, -0.15) is 0 Å². The monoisotopic (exact) mass is 451 g/mol. The lowest BCUT2D eigenvalue weighted by molar-refractivity contribution is 0.0912. The van der Waals surface area contributed by atoms with E-state index in [0.717, 1.165) is 5.56 Å². The number of imidazole rings is 1. The first-order chi connectivity index (χ1) is 15.8. The van der Waals surface area contributed by atoms with E-state index in [1.54, 1.807) is 54.2 Å². The van der Waals surface area contributed by atoms with Crippen LogP contribution in [0.1, 0.15) is 40.7 Å². The molecule has 0 aliphatic carbocycles. The minimum absolute atomic E-state index is 0.0493. The summed E-state index contributed by atoms with van der Waals surface area (Å²) in [6.07, 6.45) is 4.97. The second kappa shape index (κ2) is 9.07. The van der Waals surface area contributed by atoms with Gasteiger partial charge in [0.1, 0.15) is 23.9 Å². The lowest BCUT2D eigenvalue weighted by Crippen LogP contribution is -2.30. The Bertz CT molecular complexity index is 1290. The first-order valence-electron chi connectivity index (χ1n) is 10.4. The fourth-order valence-corrected chi connectivity index (χ4v) is 3.87. The zero-order chi connectivity index (χ0) is 23.6. The first kappa shape index (κ1) is 22.5. The van der Waals surface area contributed by atoms with E-state index in [1.165, 1.54) is 18.2 Å². The van der Waals surface area contributed by atoms with E-state index in [9.17, 15) is 18.7 Å². The normalized spacial score (nSPS) is 13.1. The van der Waals surface area contributed by atoms with Crippen molar-refractivity contribution in [2.24, 2.45) is 0 Å². The van der Waals surface area contributed by atoms with Gasteiger partial charge in [0.05, 0.1) is 17.9 Å². The Morgan fingerprint density at radius 1 is 1.12 bits per heavy atom. The number of carbonyl (C=O) groups is 1. The van der Waals surface area contributed by atoms with E-state index >= 15 is 0 Å². The average molecular weight is 451 g/mol. The number of rotatable bonds is 8. The van der Waals surface area contributed by atoms with Gasteiger partial charge in [-0.3, -0.25) is 14.2 Å². The number of halogens is 2. The Labute approximate surface area is 189 Å². The van der Waals surface area contributed by atoms with Crippen LogP contribution in [0, 0.1) is 18.6 Å². The fraction of sp³-hybridized carbons (Fsp3) is 0.240. The summed E-state index contributed by atoms with van der Waals surface area (Å²) >= 11 is 0. The van der Waals surface area contributed by atoms with E-state index in [4.69, 9.17) is 4.74 Å². The number of aromatic nitrogens is 3. The molecule has 0 spiro atoms. The lowest BCUT2D eigenvalue weighted by atomic mass is 9.79. The summed E-state index contributed by atoms with van der Waals surface area (Å²) in [7, 11) is 0. The summed E-state index contributed by atoms with van der Waals surface area (Å²) in [5, 5.41) is 10.1. The van der Waals surface area contributed by atoms with Crippen LogP contribution in [0.2, 0.25) is 0 Å². The molecule has 0 amide bonds. The highest BCUT2D eigenvalue weighted by atomic mass is 19.1. The number of benzene rings is 1. The van der Waals surface area contributed by atoms with Crippen LogP contribution in [0.15, 0.2) is 61.1 Å². The van der Waals surface area contributed by atoms with Crippen molar-refractivity contribution in [2.45, 2.75) is 32.3 Å². The maximum Gasteiger partial charge on any atom is 0.182 e. The number of hydrogen-bond donors (Lipinski definition) is 1. The Morgan fingerprint density at radius 3 is 2.48 bits per heavy atom. The van der Waals surface area contributed by atoms with Gasteiger partial charge in [0.2, 0.25) is 0 Å². The molecule has 4 aromatic rings. The zero-order valence-corrected chi connectivity index (χ0v) is 18.3. The number of fused-ring (bicyclic) bond motifs is 1. The molecule has 1 aromatic carbocycles. The number of carbonyl (C=O) groups excluding carboxylic acids is 1. The van der Waals surface area contributed by atoms with Crippen LogP contribution in [0.4, 0.5) is 8.78 Å². The number of pyridine rings is 2. The number of aryl methyl sites for hydroxylation is 1. The SMILES string of the molecule is Cc1nc2c(OCc3c(F)cccc3F)cccn2c1C(=O)C[C@@](C)(CO)c1ccncc1. The van der Waals surface area contributed by atoms with Crippen LogP contribution in [-0.2, 0) is 12.0 Å². The molecule has 0 aliphatic heterocycles. The highest BCUT2D eigenvalue weighted by Gasteiger charge is 2.31. The number of aliphatic hydroxyl groups excluding tert-OH is 1. The van der Waals surface area contributed by atoms with Gasteiger partial charge in [-0.15, -0.1) is 0 Å². The summed E-state index contributed by atoms with van der Waals surface area (Å²) in [6.45, 7) is 2.98. The third-order valence-corrected chi connectivity index (χ3v) is 5.76. The molecule has 0 aliphatic rings. The predicted octanol–water partition coefficient (Wildman–Crippen LogP) is 4.42. The maximum absolute atomic E-state index is 14.0. The Morgan fingerprint density at radius 2 is 1.82 bits per heavy atom. The van der Waals surface area contributed by atoms with Gasteiger partial charge < -0.3 is 9.84 Å². The number of hydrogen-bond acceptors (Lipinski definition) is 5. The molecule has 4 rings (SSSR count). The minimum Gasteiger partial charge on any atom is -0.485 e. The first-order valence-corrected chi connectivity index (χ1v) is 10.4. The fourth-order valence-electron chi connectivity index (χ4n) is 3.87. The smallest absolute Gasteiger partial charge is 0.182 e. The quantitative estimate of drug-likeness (QED) is 0.402. The molecule has 0 unspecified atom stereocenters. The topological polar surface area (TPSA) is 76.7 Å². The van der Waals surface area contributed by atoms with Gasteiger partial charge in [-0.1, -0.05) is 13.0 Å². The van der Waals surface area contributed by atoms with Gasteiger partial charge in [0.25, 0.3) is 0 Å². The summed E-state index contributed by atoms with van der Waals surface area (Å²) in [5.74, 6) is -1.31. The molecular weight excluding hydrogens is 428 g/mol. The molecule has 1 atom stereocenters. The summed E-state index contributed by atoms with van der Waals surface area (Å²) < 4.78 is 35.2. The van der Waals surface area contributed by atoms with Crippen molar-refractivity contribution in [3.63, 3.8) is 0 Å². The molecule has 0 fully saturated rings. The molecule has 1 N–H and O–H groups in total. The van der Waals surface area contributed by atoms with Gasteiger partial charge >= 0.3 is 0 Å². The summed E-state index contributed by atoms with van der Waals surface area (Å²) in [4.78, 5) is 21.8. The molecule has 8 heteroatoms. The van der Waals surface area contributed by atoms with Crippen LogP contribution < -0.4 is 4.74 Å². The van der Waals surface area contributed by atoms with Crippen LogP contribution in [0.3, 0.4) is 0 Å². The second-order valence-corrected chi connectivity index (χ2v) is 8.16. The van der Waals surface area contributed by atoms with E-state index in [-0.39, 0.29) is 31.0 Å². The molecule has 6 nitrogen and oxygen atoms in total. The standard InChI is InChI=1S/C25H23F2N3O3/c1-16-23(21(32)13-25(2,15-31)17-8-10-28-11-9-17)30-12-4-7-22(24(30)29-16)33-14-18-19(26)5-3-6-20(18)27/h3-12,31H,13-15H2,1-2H3/t25-/m0/s1. The van der Waals surface area contributed by atoms with Crippen molar-refractivity contribution >= 4 is 11.4 Å². The van der Waals surface area contributed by atoms with Gasteiger partial charge in [0, 0.05) is 30.4 Å². The largest absolute Gasteiger partial charge is 0.485 e. The molecule has 3 aromatic heterocycles. The molecule has 0 radical (unpaired) electrons. The highest BCUT2D eigenvalue weighted by molar-refractivity contribution is 5.97. The molecule has 3 heterocycles. The van der Waals surface area contributed by atoms with Gasteiger partial charge in [0.15, 0.2) is 17.2 Å². The summed E-state index contributed by atoms with van der Waals surface area (Å²) in [5.41, 5.74) is 1.03. The number of aliphatic hydroxyl groups is 1. The molecule has 0 saturated carbocycles. The Kier molecular flexibility index (Phi) is 6.20. The Hall–Kier alpha value is -3.65. The number of Topliss-reactive ketones (excluding diaryl/α,β-unsaturated/α-hetero) is 1. The third kappa shape index (κ3) is 4.34. The number of ketones is 1. The van der Waals surface area contributed by atoms with E-state index in [2.05, 4.69) is 9.97 Å². The average Bonchev–Trinajstić information content (AvgIpc) is 3.16. The molecule has 170 valence electrons. The van der Waals surface area contributed by atoms with E-state index in [1.807, 2.05) is 6.92 Å². The predicted molar refractivity (Wildman–Crippen MR) is 118 cm³/mol. The van der Waals surface area contributed by atoms with Crippen molar-refractivity contribution < 1.29 is 23.4 Å². The molecular formula is C25H23F2N3O3. The zero-order valence-electron chi connectivity index (χ0n) is 18.3. The molecule has 0 bridgehead atoms. The molecule has 33 heavy (non-hydrogen) atoms. The lowest BCUT2D eigenvalue weighted by Gasteiger charge is -2.27. The van der Waals surface area contributed by atoms with Crippen molar-refractivity contribution in [1.29, 1.82) is 0 Å². The van der Waals surface area contributed by atoms with Gasteiger partial charge in [-0.05, 0) is 48.9 Å². The Balaban J connectivity index is 1.64. The summed E-state index contributed by atoms with van der Waals surface area (Å²) in [6, 6.07) is 10.5. The van der Waals surface area contributed by atoms with Crippen molar-refractivity contribution in [3.05, 3.63) is 95.2 Å². The highest BCUT2D eigenvalue weighted by Crippen LogP contribution is 2.30. The van der Waals surface area contributed by atoms with Crippen LogP contribution in [0.25, 0.3) is 5.65 Å². The van der Waals surface area contributed by atoms with E-state index in [0.29, 0.717) is 22.8 Å². The van der Waals surface area contributed by atoms with E-state index < -0.39 is 17.0 Å². The number of nitrogens with zero attached hydrogens (tertiary/aromatic N) is 3. The second-order valence-electron chi connectivity index (χ2n) is 8.16.